The lowest BCUT2D eigenvalue weighted by Gasteiger charge is -2.10. The molecule has 7 heteroatoms. The molecular weight excluding hydrogens is 396 g/mol. The third-order valence-electron chi connectivity index (χ3n) is 2.34. The van der Waals surface area contributed by atoms with E-state index in [1.807, 2.05) is 6.07 Å². The topological polar surface area (TPSA) is 72.2 Å². The quantitative estimate of drug-likeness (QED) is 0.766. The summed E-state index contributed by atoms with van der Waals surface area (Å²) in [5, 5.41) is 0. The molecular formula is C12H10Br2N2O2S. The lowest BCUT2D eigenvalue weighted by molar-refractivity contribution is 0.601. The first-order chi connectivity index (χ1) is 8.88. The van der Waals surface area contributed by atoms with Crippen molar-refractivity contribution in [2.45, 2.75) is 4.90 Å². The minimum Gasteiger partial charge on any atom is -0.399 e. The highest BCUT2D eigenvalue weighted by Crippen LogP contribution is 2.28. The molecule has 3 N–H and O–H groups in total. The predicted octanol–water partition coefficient (Wildman–Crippen LogP) is 3.59. The van der Waals surface area contributed by atoms with E-state index in [0.29, 0.717) is 15.8 Å². The first kappa shape index (κ1) is 14.4. The monoisotopic (exact) mass is 404 g/mol. The Kier molecular flexibility index (Phi) is 4.17. The molecule has 0 spiro atoms. The van der Waals surface area contributed by atoms with Gasteiger partial charge in [-0.2, -0.15) is 0 Å². The highest BCUT2D eigenvalue weighted by atomic mass is 79.9. The summed E-state index contributed by atoms with van der Waals surface area (Å²) in [6, 6.07) is 11.4. The number of rotatable bonds is 3. The number of anilines is 2. The molecule has 0 radical (unpaired) electrons. The van der Waals surface area contributed by atoms with E-state index < -0.39 is 10.0 Å². The van der Waals surface area contributed by atoms with Gasteiger partial charge in [-0.1, -0.05) is 22.0 Å². The van der Waals surface area contributed by atoms with Gasteiger partial charge in [0.25, 0.3) is 10.0 Å². The van der Waals surface area contributed by atoms with Crippen LogP contribution in [0.1, 0.15) is 0 Å². The molecule has 0 saturated carbocycles. The Labute approximate surface area is 128 Å². The lowest BCUT2D eigenvalue weighted by Crippen LogP contribution is -2.13. The summed E-state index contributed by atoms with van der Waals surface area (Å²) >= 11 is 6.59. The minimum absolute atomic E-state index is 0.124. The van der Waals surface area contributed by atoms with Gasteiger partial charge in [0.2, 0.25) is 0 Å². The number of halogens is 2. The molecule has 0 bridgehead atoms. The van der Waals surface area contributed by atoms with Crippen LogP contribution >= 0.6 is 31.9 Å². The second-order valence-electron chi connectivity index (χ2n) is 3.80. The van der Waals surface area contributed by atoms with Crippen LogP contribution in [-0.4, -0.2) is 8.42 Å². The van der Waals surface area contributed by atoms with Crippen molar-refractivity contribution in [2.75, 3.05) is 10.5 Å². The van der Waals surface area contributed by atoms with Crippen molar-refractivity contribution in [3.8, 4) is 0 Å². The largest absolute Gasteiger partial charge is 0.399 e. The van der Waals surface area contributed by atoms with Crippen LogP contribution in [0.3, 0.4) is 0 Å². The van der Waals surface area contributed by atoms with Gasteiger partial charge in [-0.15, -0.1) is 0 Å². The van der Waals surface area contributed by atoms with Gasteiger partial charge >= 0.3 is 0 Å². The fourth-order valence-corrected chi connectivity index (χ4v) is 3.42. The van der Waals surface area contributed by atoms with E-state index in [4.69, 9.17) is 5.73 Å². The third kappa shape index (κ3) is 3.49. The van der Waals surface area contributed by atoms with E-state index in [1.54, 1.807) is 24.3 Å². The van der Waals surface area contributed by atoms with E-state index in [1.165, 1.54) is 12.1 Å². The van der Waals surface area contributed by atoms with Gasteiger partial charge in [0.15, 0.2) is 0 Å². The Bertz CT molecular complexity index is 717. The summed E-state index contributed by atoms with van der Waals surface area (Å²) in [5.74, 6) is 0. The molecule has 0 heterocycles. The highest BCUT2D eigenvalue weighted by molar-refractivity contribution is 9.11. The van der Waals surface area contributed by atoms with Gasteiger partial charge < -0.3 is 5.73 Å². The van der Waals surface area contributed by atoms with Crippen molar-refractivity contribution in [3.63, 3.8) is 0 Å². The number of benzene rings is 2. The Hall–Kier alpha value is -1.05. The van der Waals surface area contributed by atoms with Crippen LogP contribution in [0.4, 0.5) is 11.4 Å². The van der Waals surface area contributed by atoms with E-state index in [2.05, 4.69) is 36.6 Å². The van der Waals surface area contributed by atoms with Gasteiger partial charge in [0.1, 0.15) is 0 Å². The zero-order chi connectivity index (χ0) is 14.0. The maximum atomic E-state index is 12.2. The Morgan fingerprint density at radius 1 is 1.05 bits per heavy atom. The first-order valence-electron chi connectivity index (χ1n) is 5.22. The fraction of sp³-hybridized carbons (Fsp3) is 0. The van der Waals surface area contributed by atoms with Crippen molar-refractivity contribution in [3.05, 3.63) is 51.4 Å². The smallest absolute Gasteiger partial charge is 0.262 e. The Morgan fingerprint density at radius 2 is 1.79 bits per heavy atom. The highest BCUT2D eigenvalue weighted by Gasteiger charge is 2.15. The van der Waals surface area contributed by atoms with E-state index in [9.17, 15) is 8.42 Å². The van der Waals surface area contributed by atoms with Crippen LogP contribution < -0.4 is 10.5 Å². The normalized spacial score (nSPS) is 11.3. The average Bonchev–Trinajstić information content (AvgIpc) is 2.33. The van der Waals surface area contributed by atoms with Gasteiger partial charge in [0.05, 0.1) is 10.6 Å². The number of nitrogens with two attached hydrogens (primary N) is 1. The summed E-state index contributed by atoms with van der Waals surface area (Å²) in [7, 11) is -3.66. The summed E-state index contributed by atoms with van der Waals surface area (Å²) in [5.41, 5.74) is 6.45. The molecule has 100 valence electrons. The molecule has 0 atom stereocenters. The first-order valence-corrected chi connectivity index (χ1v) is 8.29. The summed E-state index contributed by atoms with van der Waals surface area (Å²) in [6.45, 7) is 0. The SMILES string of the molecule is Nc1cccc(S(=O)(=O)Nc2cc(Br)ccc2Br)c1. The van der Waals surface area contributed by atoms with Crippen molar-refractivity contribution < 1.29 is 8.42 Å². The lowest BCUT2D eigenvalue weighted by atomic mass is 10.3. The Morgan fingerprint density at radius 3 is 2.47 bits per heavy atom. The Balaban J connectivity index is 2.39. The zero-order valence-electron chi connectivity index (χ0n) is 9.60. The molecule has 0 aliphatic carbocycles. The maximum absolute atomic E-state index is 12.2. The molecule has 0 fully saturated rings. The van der Waals surface area contributed by atoms with Gasteiger partial charge in [0, 0.05) is 14.6 Å². The van der Waals surface area contributed by atoms with Crippen molar-refractivity contribution >= 4 is 53.3 Å². The van der Waals surface area contributed by atoms with Crippen LogP contribution in [0.25, 0.3) is 0 Å². The molecule has 0 aliphatic rings. The van der Waals surface area contributed by atoms with Crippen molar-refractivity contribution in [2.24, 2.45) is 0 Å². The van der Waals surface area contributed by atoms with Crippen molar-refractivity contribution in [1.29, 1.82) is 0 Å². The van der Waals surface area contributed by atoms with E-state index in [0.717, 1.165) is 4.47 Å². The van der Waals surface area contributed by atoms with Crippen LogP contribution in [0.2, 0.25) is 0 Å². The van der Waals surface area contributed by atoms with Crippen LogP contribution in [0.5, 0.6) is 0 Å². The predicted molar refractivity (Wildman–Crippen MR) is 83.5 cm³/mol. The second kappa shape index (κ2) is 5.52. The molecule has 0 unspecified atom stereocenters. The molecule has 2 aromatic carbocycles. The fourth-order valence-electron chi connectivity index (χ4n) is 1.46. The van der Waals surface area contributed by atoms with Crippen LogP contribution in [-0.2, 0) is 10.0 Å². The van der Waals surface area contributed by atoms with E-state index >= 15 is 0 Å². The maximum Gasteiger partial charge on any atom is 0.262 e. The molecule has 4 nitrogen and oxygen atoms in total. The minimum atomic E-state index is -3.66. The molecule has 0 aliphatic heterocycles. The summed E-state index contributed by atoms with van der Waals surface area (Å²) < 4.78 is 28.4. The number of nitrogen functional groups attached to an aromatic ring is 1. The number of hydrogen-bond acceptors (Lipinski definition) is 3. The molecule has 0 saturated heterocycles. The van der Waals surface area contributed by atoms with E-state index in [-0.39, 0.29) is 4.90 Å². The van der Waals surface area contributed by atoms with Gasteiger partial charge in [-0.25, -0.2) is 8.42 Å². The summed E-state index contributed by atoms with van der Waals surface area (Å²) in [6.07, 6.45) is 0. The van der Waals surface area contributed by atoms with Gasteiger partial charge in [-0.05, 0) is 52.3 Å². The average molecular weight is 406 g/mol. The number of hydrogen-bond donors (Lipinski definition) is 2. The molecule has 2 rings (SSSR count). The van der Waals surface area contributed by atoms with Crippen molar-refractivity contribution in [1.82, 2.24) is 0 Å². The summed E-state index contributed by atoms with van der Waals surface area (Å²) in [4.78, 5) is 0.124. The molecule has 0 amide bonds. The van der Waals surface area contributed by atoms with Gasteiger partial charge in [-0.3, -0.25) is 4.72 Å². The number of sulfonamides is 1. The molecule has 2 aromatic rings. The zero-order valence-corrected chi connectivity index (χ0v) is 13.6. The third-order valence-corrected chi connectivity index (χ3v) is 4.89. The van der Waals surface area contributed by atoms with Crippen LogP contribution in [0.15, 0.2) is 56.3 Å². The number of nitrogens with one attached hydrogen (secondary N) is 1. The second-order valence-corrected chi connectivity index (χ2v) is 7.25. The molecule has 19 heavy (non-hydrogen) atoms. The molecule has 0 aromatic heterocycles. The van der Waals surface area contributed by atoms with Crippen LogP contribution in [0, 0.1) is 0 Å². The standard InChI is InChI=1S/C12H10Br2N2O2S/c13-8-4-5-11(14)12(6-8)16-19(17,18)10-3-1-2-9(15)7-10/h1-7,16H,15H2.